The van der Waals surface area contributed by atoms with E-state index in [4.69, 9.17) is 38.1 Å². The Hall–Kier alpha value is -2.77. The highest BCUT2D eigenvalue weighted by Crippen LogP contribution is 2.41. The molecule has 1 amide bonds. The Balaban J connectivity index is 1.70. The average molecular weight is 464 g/mol. The summed E-state index contributed by atoms with van der Waals surface area (Å²) in [6.07, 6.45) is 5.24. The van der Waals surface area contributed by atoms with E-state index in [9.17, 15) is 9.18 Å². The van der Waals surface area contributed by atoms with Crippen molar-refractivity contribution in [3.63, 3.8) is 0 Å². The number of hydrogen-bond acceptors (Lipinski definition) is 5. The molecule has 1 aliphatic rings. The molecule has 162 valence electrons. The number of halogens is 3. The highest BCUT2D eigenvalue weighted by molar-refractivity contribution is 6.36. The van der Waals surface area contributed by atoms with Crippen LogP contribution in [0.1, 0.15) is 37.5 Å². The van der Waals surface area contributed by atoms with Gasteiger partial charge in [-0.15, -0.1) is 0 Å². The van der Waals surface area contributed by atoms with E-state index in [0.29, 0.717) is 30.7 Å². The van der Waals surface area contributed by atoms with Crippen LogP contribution < -0.4 is 10.5 Å². The zero-order valence-electron chi connectivity index (χ0n) is 16.9. The molecule has 0 unspecified atom stereocenters. The van der Waals surface area contributed by atoms with Crippen molar-refractivity contribution in [1.82, 2.24) is 9.88 Å². The van der Waals surface area contributed by atoms with Crippen molar-refractivity contribution in [2.75, 3.05) is 18.8 Å². The monoisotopic (exact) mass is 463 g/mol. The van der Waals surface area contributed by atoms with Crippen LogP contribution in [0.3, 0.4) is 0 Å². The number of nitrogens with zero attached hydrogens (tertiary/aromatic N) is 2. The first-order chi connectivity index (χ1) is 14.8. The van der Waals surface area contributed by atoms with Gasteiger partial charge in [-0.1, -0.05) is 29.3 Å². The number of carbonyl (C=O) groups is 1. The van der Waals surface area contributed by atoms with E-state index in [0.717, 1.165) is 16.5 Å². The van der Waals surface area contributed by atoms with Crippen LogP contribution in [0.25, 0.3) is 16.5 Å². The lowest BCUT2D eigenvalue weighted by atomic mass is 9.99. The van der Waals surface area contributed by atoms with Crippen LogP contribution in [0.2, 0.25) is 10.0 Å². The van der Waals surface area contributed by atoms with E-state index in [1.807, 2.05) is 6.08 Å². The fourth-order valence-corrected chi connectivity index (χ4v) is 4.37. The van der Waals surface area contributed by atoms with Crippen molar-refractivity contribution in [2.24, 2.45) is 0 Å². The van der Waals surface area contributed by atoms with Crippen molar-refractivity contribution in [2.45, 2.75) is 26.4 Å². The summed E-state index contributed by atoms with van der Waals surface area (Å²) in [4.78, 5) is 17.6. The number of amides is 1. The summed E-state index contributed by atoms with van der Waals surface area (Å²) in [6.45, 7) is 4.42. The maximum absolute atomic E-state index is 13.9. The Kier molecular flexibility index (Phi) is 5.81. The number of rotatable bonds is 4. The van der Waals surface area contributed by atoms with Gasteiger partial charge in [0.1, 0.15) is 11.9 Å². The molecule has 9 heteroatoms. The number of hydrogen-bond donors (Lipinski definition) is 1. The fraction of sp³-hybridized carbons (Fsp3) is 0.273. The molecule has 2 N–H and O–H groups in total. The number of fused-ring (bicyclic) bond motifs is 1. The average Bonchev–Trinajstić information content (AvgIpc) is 3.17. The summed E-state index contributed by atoms with van der Waals surface area (Å²) in [5.74, 6) is -0.190. The molecule has 1 aliphatic heterocycles. The van der Waals surface area contributed by atoms with Crippen molar-refractivity contribution >= 4 is 51.5 Å². The largest absolute Gasteiger partial charge is 0.478 e. The normalized spacial score (nSPS) is 15.1. The molecule has 0 fully saturated rings. The van der Waals surface area contributed by atoms with E-state index >= 15 is 0 Å². The van der Waals surface area contributed by atoms with E-state index in [2.05, 4.69) is 4.98 Å². The molecule has 1 atom stereocenters. The fourth-order valence-electron chi connectivity index (χ4n) is 3.69. The van der Waals surface area contributed by atoms with Gasteiger partial charge in [0.2, 0.25) is 11.7 Å². The van der Waals surface area contributed by atoms with Gasteiger partial charge < -0.3 is 19.8 Å². The molecule has 3 heterocycles. The number of nitrogens with two attached hydrogens (primary N) is 1. The standard InChI is InChI=1S/C22H20Cl2FN3O3/c1-11(18-16(23)3-4-17(25)19(18)24)31-21-20-14(9-27-22(21)26)15(10-30-20)13-5-7-28(8-6-13)12(2)29/h3-5,9-11H,6-8H2,1-2H3,(H2,26,27)/t11-/m1/s1. The van der Waals surface area contributed by atoms with Gasteiger partial charge in [0.05, 0.1) is 16.7 Å². The van der Waals surface area contributed by atoms with Gasteiger partial charge >= 0.3 is 0 Å². The molecule has 0 bridgehead atoms. The number of nitrogen functional groups attached to an aromatic ring is 1. The SMILES string of the molecule is CC(=O)N1CC=C(c2coc3c(O[C@H](C)c4c(Cl)ccc(F)c4Cl)c(N)ncc23)CC1. The van der Waals surface area contributed by atoms with Gasteiger partial charge in [0.25, 0.3) is 0 Å². The molecule has 4 rings (SSSR count). The Morgan fingerprint density at radius 3 is 2.84 bits per heavy atom. The quantitative estimate of drug-likeness (QED) is 0.506. The van der Waals surface area contributed by atoms with Crippen LogP contribution in [0.5, 0.6) is 5.75 Å². The molecule has 0 radical (unpaired) electrons. The van der Waals surface area contributed by atoms with Crippen LogP contribution in [0.4, 0.5) is 10.2 Å². The lowest BCUT2D eigenvalue weighted by Gasteiger charge is -2.25. The Morgan fingerprint density at radius 1 is 1.39 bits per heavy atom. The second-order valence-corrected chi connectivity index (χ2v) is 8.11. The second-order valence-electron chi connectivity index (χ2n) is 7.33. The molecule has 0 saturated carbocycles. The van der Waals surface area contributed by atoms with Crippen molar-refractivity contribution in [3.05, 3.63) is 57.7 Å². The van der Waals surface area contributed by atoms with Crippen LogP contribution in [0, 0.1) is 5.82 Å². The molecule has 6 nitrogen and oxygen atoms in total. The third kappa shape index (κ3) is 3.95. The number of benzene rings is 1. The third-order valence-electron chi connectivity index (χ3n) is 5.38. The highest BCUT2D eigenvalue weighted by Gasteiger charge is 2.24. The summed E-state index contributed by atoms with van der Waals surface area (Å²) in [7, 11) is 0. The first-order valence-electron chi connectivity index (χ1n) is 9.68. The van der Waals surface area contributed by atoms with E-state index in [1.54, 1.807) is 31.2 Å². The summed E-state index contributed by atoms with van der Waals surface area (Å²) >= 11 is 12.3. The van der Waals surface area contributed by atoms with Crippen molar-refractivity contribution in [1.29, 1.82) is 0 Å². The summed E-state index contributed by atoms with van der Waals surface area (Å²) < 4.78 is 25.8. The Labute approximate surface area is 188 Å². The predicted molar refractivity (Wildman–Crippen MR) is 119 cm³/mol. The maximum atomic E-state index is 13.9. The summed E-state index contributed by atoms with van der Waals surface area (Å²) in [5, 5.41) is 0.900. The van der Waals surface area contributed by atoms with Crippen LogP contribution in [-0.2, 0) is 4.79 Å². The van der Waals surface area contributed by atoms with Crippen LogP contribution >= 0.6 is 23.2 Å². The van der Waals surface area contributed by atoms with Crippen LogP contribution in [-0.4, -0.2) is 28.9 Å². The number of carbonyl (C=O) groups excluding carboxylic acids is 1. The van der Waals surface area contributed by atoms with Gasteiger partial charge in [0.15, 0.2) is 11.4 Å². The predicted octanol–water partition coefficient (Wildman–Crippen LogP) is 5.63. The molecule has 1 aromatic carbocycles. The van der Waals surface area contributed by atoms with E-state index < -0.39 is 11.9 Å². The van der Waals surface area contributed by atoms with E-state index in [-0.39, 0.29) is 27.5 Å². The van der Waals surface area contributed by atoms with Gasteiger partial charge in [-0.3, -0.25) is 4.79 Å². The summed E-state index contributed by atoms with van der Waals surface area (Å²) in [5.41, 5.74) is 8.72. The first-order valence-corrected chi connectivity index (χ1v) is 10.4. The van der Waals surface area contributed by atoms with Gasteiger partial charge in [-0.2, -0.15) is 0 Å². The van der Waals surface area contributed by atoms with Gasteiger partial charge in [0, 0.05) is 42.4 Å². The van der Waals surface area contributed by atoms with Gasteiger partial charge in [-0.25, -0.2) is 9.37 Å². The lowest BCUT2D eigenvalue weighted by molar-refractivity contribution is -0.128. The molecular formula is C22H20Cl2FN3O3. The number of aromatic nitrogens is 1. The third-order valence-corrected chi connectivity index (χ3v) is 6.10. The smallest absolute Gasteiger partial charge is 0.219 e. The summed E-state index contributed by atoms with van der Waals surface area (Å²) in [6, 6.07) is 2.62. The highest BCUT2D eigenvalue weighted by atomic mass is 35.5. The van der Waals surface area contributed by atoms with Gasteiger partial charge in [-0.05, 0) is 31.1 Å². The topological polar surface area (TPSA) is 81.6 Å². The molecule has 0 aliphatic carbocycles. The molecule has 31 heavy (non-hydrogen) atoms. The van der Waals surface area contributed by atoms with Crippen molar-refractivity contribution < 1.29 is 18.3 Å². The van der Waals surface area contributed by atoms with Crippen molar-refractivity contribution in [3.8, 4) is 5.75 Å². The molecule has 3 aromatic rings. The minimum Gasteiger partial charge on any atom is -0.478 e. The molecule has 0 spiro atoms. The number of furan rings is 1. The molecular weight excluding hydrogens is 444 g/mol. The maximum Gasteiger partial charge on any atom is 0.219 e. The Morgan fingerprint density at radius 2 is 2.16 bits per heavy atom. The first kappa shape index (κ1) is 21.5. The zero-order valence-corrected chi connectivity index (χ0v) is 18.4. The number of anilines is 1. The Bertz CT molecular complexity index is 1210. The lowest BCUT2D eigenvalue weighted by Crippen LogP contribution is -2.32. The number of ether oxygens (including phenoxy) is 1. The van der Waals surface area contributed by atoms with E-state index in [1.165, 1.54) is 12.1 Å². The van der Waals surface area contributed by atoms with Crippen LogP contribution in [0.15, 0.2) is 35.1 Å². The zero-order chi connectivity index (χ0) is 22.3. The molecule has 0 saturated heterocycles. The number of pyridine rings is 1. The minimum atomic E-state index is -0.711. The minimum absolute atomic E-state index is 0.0427. The second kappa shape index (κ2) is 8.40. The molecule has 2 aromatic heterocycles.